The van der Waals surface area contributed by atoms with Crippen molar-refractivity contribution in [1.82, 2.24) is 18.8 Å². The lowest BCUT2D eigenvalue weighted by atomic mass is 9.88. The summed E-state index contributed by atoms with van der Waals surface area (Å²) in [5.74, 6) is -0.424. The molecule has 2 amide bonds. The van der Waals surface area contributed by atoms with Crippen molar-refractivity contribution >= 4 is 54.4 Å². The van der Waals surface area contributed by atoms with Crippen LogP contribution in [-0.2, 0) is 29.6 Å². The van der Waals surface area contributed by atoms with Crippen LogP contribution in [0.3, 0.4) is 0 Å². The van der Waals surface area contributed by atoms with Crippen LogP contribution in [-0.4, -0.2) is 99.6 Å². The molecule has 0 radical (unpaired) electrons. The Hall–Kier alpha value is -2.45. The first kappa shape index (κ1) is 30.5. The lowest BCUT2D eigenvalue weighted by molar-refractivity contribution is -0.135. The molecule has 2 aromatic carbocycles. The van der Waals surface area contributed by atoms with E-state index in [1.54, 1.807) is 51.1 Å². The molecule has 0 saturated carbocycles. The number of hydrogen-bond acceptors (Lipinski definition) is 7. The molecule has 0 aromatic heterocycles. The molecule has 0 spiro atoms. The second kappa shape index (κ2) is 11.1. The van der Waals surface area contributed by atoms with Crippen LogP contribution in [0.1, 0.15) is 33.6 Å². The van der Waals surface area contributed by atoms with Gasteiger partial charge in [-0.3, -0.25) is 4.79 Å². The first-order chi connectivity index (χ1) is 18.5. The minimum atomic E-state index is -3.95. The number of likely N-dealkylation sites (tertiary alicyclic amines) is 1. The maximum absolute atomic E-state index is 13.4. The number of fused-ring (bicyclic) bond motifs is 1. The van der Waals surface area contributed by atoms with E-state index in [1.807, 2.05) is 0 Å². The second-order valence-corrected chi connectivity index (χ2v) is 15.6. The molecular formula is C26H35ClN4O7S2. The first-order valence-electron chi connectivity index (χ1n) is 12.9. The molecule has 1 N–H and O–H groups in total. The van der Waals surface area contributed by atoms with Crippen LogP contribution in [0.25, 0.3) is 10.8 Å². The fraction of sp³-hybridized carbons (Fsp3) is 0.538. The van der Waals surface area contributed by atoms with Gasteiger partial charge in [-0.15, -0.1) is 0 Å². The average molecular weight is 615 g/mol. The molecule has 2 aliphatic heterocycles. The van der Waals surface area contributed by atoms with Crippen LogP contribution in [0.15, 0.2) is 41.3 Å². The van der Waals surface area contributed by atoms with Gasteiger partial charge in [0.2, 0.25) is 26.0 Å². The third kappa shape index (κ3) is 7.24. The fourth-order valence-electron chi connectivity index (χ4n) is 5.06. The molecule has 2 heterocycles. The van der Waals surface area contributed by atoms with E-state index < -0.39 is 43.2 Å². The summed E-state index contributed by atoms with van der Waals surface area (Å²) in [5.41, 5.74) is -1.66. The van der Waals surface area contributed by atoms with Crippen LogP contribution < -0.4 is 4.72 Å². The number of amides is 2. The summed E-state index contributed by atoms with van der Waals surface area (Å²) in [6.07, 6.45) is 1.12. The quantitative estimate of drug-likeness (QED) is 0.529. The Kier molecular flexibility index (Phi) is 8.46. The fourth-order valence-corrected chi connectivity index (χ4v) is 7.71. The number of ether oxygens (including phenoxy) is 1. The summed E-state index contributed by atoms with van der Waals surface area (Å²) >= 11 is 6.03. The van der Waals surface area contributed by atoms with E-state index in [4.69, 9.17) is 16.3 Å². The molecule has 0 bridgehead atoms. The summed E-state index contributed by atoms with van der Waals surface area (Å²) in [4.78, 5) is 28.8. The molecule has 2 aliphatic rings. The van der Waals surface area contributed by atoms with Gasteiger partial charge in [0.05, 0.1) is 23.2 Å². The average Bonchev–Trinajstić information content (AvgIpc) is 2.83. The first-order valence-corrected chi connectivity index (χ1v) is 16.6. The molecule has 2 fully saturated rings. The molecule has 2 aromatic rings. The van der Waals surface area contributed by atoms with Crippen LogP contribution in [0.2, 0.25) is 5.02 Å². The maximum atomic E-state index is 13.4. The number of sulfonamides is 2. The normalized spacial score (nSPS) is 19.2. The van der Waals surface area contributed by atoms with Crippen LogP contribution >= 0.6 is 11.6 Å². The number of piperazine rings is 1. The topological polar surface area (TPSA) is 133 Å². The largest absolute Gasteiger partial charge is 0.444 e. The second-order valence-electron chi connectivity index (χ2n) is 11.4. The number of benzene rings is 2. The van der Waals surface area contributed by atoms with Gasteiger partial charge in [0.15, 0.2) is 0 Å². The Morgan fingerprint density at radius 1 is 1.00 bits per heavy atom. The molecule has 0 unspecified atom stereocenters. The van der Waals surface area contributed by atoms with Crippen molar-refractivity contribution in [3.8, 4) is 0 Å². The monoisotopic (exact) mass is 614 g/mol. The lowest BCUT2D eigenvalue weighted by Crippen LogP contribution is -2.64. The van der Waals surface area contributed by atoms with Crippen molar-refractivity contribution in [1.29, 1.82) is 0 Å². The Morgan fingerprint density at radius 3 is 2.23 bits per heavy atom. The van der Waals surface area contributed by atoms with Gasteiger partial charge in [-0.05, 0) is 68.7 Å². The van der Waals surface area contributed by atoms with Crippen molar-refractivity contribution in [2.75, 3.05) is 45.5 Å². The summed E-state index contributed by atoms with van der Waals surface area (Å²) in [5, 5.41) is 2.05. The zero-order chi connectivity index (χ0) is 29.5. The highest BCUT2D eigenvalue weighted by atomic mass is 35.5. The molecule has 14 heteroatoms. The summed E-state index contributed by atoms with van der Waals surface area (Å²) < 4.78 is 60.6. The minimum absolute atomic E-state index is 0.0612. The van der Waals surface area contributed by atoms with Gasteiger partial charge in [0, 0.05) is 37.7 Å². The van der Waals surface area contributed by atoms with Gasteiger partial charge in [-0.1, -0.05) is 23.7 Å². The molecule has 4 rings (SSSR count). The Bertz CT molecular complexity index is 1520. The van der Waals surface area contributed by atoms with Gasteiger partial charge in [-0.25, -0.2) is 26.4 Å². The Labute approximate surface area is 240 Å². The van der Waals surface area contributed by atoms with Gasteiger partial charge < -0.3 is 14.5 Å². The number of nitrogens with one attached hydrogen (secondary N) is 1. The van der Waals surface area contributed by atoms with E-state index in [9.17, 15) is 26.4 Å². The number of carbonyl (C=O) groups excluding carboxylic acids is 2. The minimum Gasteiger partial charge on any atom is -0.444 e. The van der Waals surface area contributed by atoms with Crippen LogP contribution in [0, 0.1) is 0 Å². The van der Waals surface area contributed by atoms with E-state index >= 15 is 0 Å². The van der Waals surface area contributed by atoms with E-state index in [-0.39, 0.29) is 57.0 Å². The molecule has 2 saturated heterocycles. The lowest BCUT2D eigenvalue weighted by Gasteiger charge is -2.45. The zero-order valence-corrected chi connectivity index (χ0v) is 25.4. The standard InChI is InChI=1S/C26H35ClN4O7S2/c1-25(2,3)38-24(33)29-11-9-26(10-12-29,28-39(4,34)35)18-30-13-14-31(17-23(30)32)40(36,37)22-8-6-19-15-21(27)7-5-20(19)16-22/h5-8,15-16,28H,9-14,17-18H2,1-4H3. The van der Waals surface area contributed by atoms with E-state index in [0.717, 1.165) is 15.9 Å². The molecule has 11 nitrogen and oxygen atoms in total. The van der Waals surface area contributed by atoms with Crippen LogP contribution in [0.4, 0.5) is 4.79 Å². The number of rotatable bonds is 6. The van der Waals surface area contributed by atoms with Crippen molar-refractivity contribution in [2.24, 2.45) is 0 Å². The van der Waals surface area contributed by atoms with Crippen molar-refractivity contribution in [3.63, 3.8) is 0 Å². The molecule has 0 aliphatic carbocycles. The van der Waals surface area contributed by atoms with Gasteiger partial charge in [0.1, 0.15) is 5.60 Å². The van der Waals surface area contributed by atoms with Crippen molar-refractivity contribution < 1.29 is 31.2 Å². The summed E-state index contributed by atoms with van der Waals surface area (Å²) in [7, 11) is -7.59. The number of hydrogen-bond donors (Lipinski definition) is 1. The SMILES string of the molecule is CC(C)(C)OC(=O)N1CCC(CN2CCN(S(=O)(=O)c3ccc4cc(Cl)ccc4c3)CC2=O)(NS(C)(=O)=O)CC1. The van der Waals surface area contributed by atoms with Crippen LogP contribution in [0.5, 0.6) is 0 Å². The number of piperidine rings is 1. The Balaban J connectivity index is 1.46. The molecular weight excluding hydrogens is 580 g/mol. The number of carbonyl (C=O) groups is 2. The predicted octanol–water partition coefficient (Wildman–Crippen LogP) is 2.65. The Morgan fingerprint density at radius 2 is 1.62 bits per heavy atom. The molecule has 40 heavy (non-hydrogen) atoms. The predicted molar refractivity (Wildman–Crippen MR) is 152 cm³/mol. The highest BCUT2D eigenvalue weighted by Crippen LogP contribution is 2.29. The highest BCUT2D eigenvalue weighted by molar-refractivity contribution is 7.89. The third-order valence-corrected chi connectivity index (χ3v) is 9.84. The number of halogens is 1. The smallest absolute Gasteiger partial charge is 0.410 e. The molecule has 0 atom stereocenters. The maximum Gasteiger partial charge on any atom is 0.410 e. The number of nitrogens with zero attached hydrogens (tertiary/aromatic N) is 3. The van der Waals surface area contributed by atoms with Gasteiger partial charge in [-0.2, -0.15) is 4.31 Å². The molecule has 220 valence electrons. The summed E-state index contributed by atoms with van der Waals surface area (Å²) in [6.45, 7) is 5.66. The zero-order valence-electron chi connectivity index (χ0n) is 23.0. The van der Waals surface area contributed by atoms with E-state index in [1.165, 1.54) is 15.9 Å². The van der Waals surface area contributed by atoms with Crippen molar-refractivity contribution in [2.45, 2.75) is 49.6 Å². The third-order valence-electron chi connectivity index (χ3n) is 6.96. The van der Waals surface area contributed by atoms with Gasteiger partial charge in [0.25, 0.3) is 0 Å². The summed E-state index contributed by atoms with van der Waals surface area (Å²) in [6, 6.07) is 9.89. The van der Waals surface area contributed by atoms with Gasteiger partial charge >= 0.3 is 6.09 Å². The van der Waals surface area contributed by atoms with E-state index in [0.29, 0.717) is 10.4 Å². The van der Waals surface area contributed by atoms with Crippen molar-refractivity contribution in [3.05, 3.63) is 41.4 Å². The van der Waals surface area contributed by atoms with E-state index in [2.05, 4.69) is 4.72 Å². The highest BCUT2D eigenvalue weighted by Gasteiger charge is 2.43.